The van der Waals surface area contributed by atoms with E-state index in [1.807, 2.05) is 6.07 Å². The summed E-state index contributed by atoms with van der Waals surface area (Å²) in [4.78, 5) is 0.388. The first kappa shape index (κ1) is 8.31. The fraction of sp³-hybridized carbons (Fsp3) is 0.111. The highest BCUT2D eigenvalue weighted by Gasteiger charge is 2.20. The van der Waals surface area contributed by atoms with Crippen molar-refractivity contribution in [3.8, 4) is 0 Å². The van der Waals surface area contributed by atoms with E-state index >= 15 is 0 Å². The molecule has 13 heavy (non-hydrogen) atoms. The molecule has 1 aromatic rings. The fourth-order valence-corrected chi connectivity index (χ4v) is 2.54. The Labute approximate surface area is 77.0 Å². The second kappa shape index (κ2) is 2.60. The monoisotopic (exact) mass is 195 g/mol. The molecule has 1 heterocycles. The molecule has 0 aliphatic carbocycles. The van der Waals surface area contributed by atoms with E-state index in [-0.39, 0.29) is 0 Å². The molecular weight excluding hydrogens is 186 g/mol. The summed E-state index contributed by atoms with van der Waals surface area (Å²) in [5.41, 5.74) is 1.57. The predicted octanol–water partition coefficient (Wildman–Crippen LogP) is 1.49. The van der Waals surface area contributed by atoms with Crippen molar-refractivity contribution in [2.24, 2.45) is 0 Å². The van der Waals surface area contributed by atoms with Gasteiger partial charge < -0.3 is 5.32 Å². The van der Waals surface area contributed by atoms with Gasteiger partial charge in [0.2, 0.25) is 9.84 Å². The fourth-order valence-electron chi connectivity index (χ4n) is 1.31. The number of hydrogen-bond acceptors (Lipinski definition) is 3. The molecule has 0 aromatic heterocycles. The number of rotatable bonds is 1. The van der Waals surface area contributed by atoms with Crippen molar-refractivity contribution in [2.45, 2.75) is 4.90 Å². The molecule has 68 valence electrons. The summed E-state index contributed by atoms with van der Waals surface area (Å²) >= 11 is 0. The Hall–Kier alpha value is -1.29. The topological polar surface area (TPSA) is 46.2 Å². The summed E-state index contributed by atoms with van der Waals surface area (Å²) < 4.78 is 22.8. The summed E-state index contributed by atoms with van der Waals surface area (Å²) in [5, 5.41) is 4.14. The van der Waals surface area contributed by atoms with Gasteiger partial charge in [0.15, 0.2) is 0 Å². The van der Waals surface area contributed by atoms with Crippen LogP contribution in [0.5, 0.6) is 0 Å². The van der Waals surface area contributed by atoms with Crippen molar-refractivity contribution >= 4 is 21.6 Å². The molecule has 0 radical (unpaired) electrons. The van der Waals surface area contributed by atoms with Crippen LogP contribution in [0.1, 0.15) is 5.56 Å². The Morgan fingerprint density at radius 1 is 1.31 bits per heavy atom. The quantitative estimate of drug-likeness (QED) is 0.738. The number of nitrogens with one attached hydrogen (secondary N) is 1. The number of sulfone groups is 1. The average Bonchev–Trinajstić information content (AvgIpc) is 2.42. The van der Waals surface area contributed by atoms with Gasteiger partial charge in [-0.25, -0.2) is 8.42 Å². The molecule has 0 unspecified atom stereocenters. The van der Waals surface area contributed by atoms with Crippen LogP contribution >= 0.6 is 0 Å². The first-order chi connectivity index (χ1) is 6.13. The Morgan fingerprint density at radius 2 is 2.08 bits per heavy atom. The van der Waals surface area contributed by atoms with Gasteiger partial charge in [-0.05, 0) is 23.8 Å². The van der Waals surface area contributed by atoms with E-state index in [4.69, 9.17) is 0 Å². The van der Waals surface area contributed by atoms with E-state index < -0.39 is 9.84 Å². The van der Waals surface area contributed by atoms with Crippen LogP contribution < -0.4 is 5.32 Å². The number of fused-ring (bicyclic) bond motifs is 1. The maximum absolute atomic E-state index is 11.4. The van der Waals surface area contributed by atoms with Crippen molar-refractivity contribution in [1.29, 1.82) is 0 Å². The summed E-state index contributed by atoms with van der Waals surface area (Å²) in [7, 11) is -1.40. The second-order valence-corrected chi connectivity index (χ2v) is 4.65. The zero-order chi connectivity index (χ0) is 9.47. The van der Waals surface area contributed by atoms with E-state index in [0.717, 1.165) is 11.3 Å². The zero-order valence-corrected chi connectivity index (χ0v) is 7.93. The van der Waals surface area contributed by atoms with Crippen LogP contribution in [-0.4, -0.2) is 15.5 Å². The molecule has 1 aromatic carbocycles. The highest BCUT2D eigenvalue weighted by atomic mass is 32.2. The minimum absolute atomic E-state index is 0.388. The van der Waals surface area contributed by atoms with Gasteiger partial charge in [-0.2, -0.15) is 0 Å². The molecule has 1 N–H and O–H groups in total. The van der Waals surface area contributed by atoms with E-state index in [2.05, 4.69) is 5.32 Å². The third-order valence-corrected chi connectivity index (χ3v) is 3.50. The normalized spacial score (nSPS) is 17.0. The smallest absolute Gasteiger partial charge is 0.200 e. The lowest BCUT2D eigenvalue weighted by Crippen LogP contribution is -1.95. The van der Waals surface area contributed by atoms with Gasteiger partial charge in [-0.15, -0.1) is 0 Å². The molecule has 0 amide bonds. The van der Waals surface area contributed by atoms with Crippen LogP contribution in [0.25, 0.3) is 6.08 Å². The summed E-state index contributed by atoms with van der Waals surface area (Å²) in [5.74, 6) is 0. The minimum atomic E-state index is -3.16. The molecule has 1 aliphatic rings. The molecule has 4 heteroatoms. The summed E-state index contributed by atoms with van der Waals surface area (Å²) in [6.07, 6.45) is 1.62. The third kappa shape index (κ3) is 1.23. The standard InChI is InChI=1S/C9H9NO2S/c1-10-8-3-2-7-4-5-13(11,12)9(7)6-8/h2-6,10H,1H3. The molecule has 2 rings (SSSR count). The number of anilines is 1. The molecule has 0 bridgehead atoms. The van der Waals surface area contributed by atoms with Crippen molar-refractivity contribution in [3.05, 3.63) is 29.2 Å². The molecule has 0 atom stereocenters. The Balaban J connectivity index is 2.68. The van der Waals surface area contributed by atoms with Crippen LogP contribution in [0.15, 0.2) is 28.5 Å². The summed E-state index contributed by atoms with van der Waals surface area (Å²) in [6, 6.07) is 5.29. The van der Waals surface area contributed by atoms with Gasteiger partial charge >= 0.3 is 0 Å². The molecule has 0 saturated heterocycles. The minimum Gasteiger partial charge on any atom is -0.388 e. The van der Waals surface area contributed by atoms with E-state index in [1.54, 1.807) is 25.3 Å². The van der Waals surface area contributed by atoms with Crippen molar-refractivity contribution in [3.63, 3.8) is 0 Å². The lowest BCUT2D eigenvalue weighted by atomic mass is 10.2. The first-order valence-electron chi connectivity index (χ1n) is 3.88. The molecule has 0 fully saturated rings. The maximum atomic E-state index is 11.4. The van der Waals surface area contributed by atoms with Crippen molar-refractivity contribution in [1.82, 2.24) is 0 Å². The second-order valence-electron chi connectivity index (χ2n) is 2.85. The zero-order valence-electron chi connectivity index (χ0n) is 7.11. The van der Waals surface area contributed by atoms with Gasteiger partial charge in [-0.1, -0.05) is 6.07 Å². The van der Waals surface area contributed by atoms with Crippen LogP contribution in [0.4, 0.5) is 5.69 Å². The first-order valence-corrected chi connectivity index (χ1v) is 5.43. The average molecular weight is 195 g/mol. The number of benzene rings is 1. The number of hydrogen-bond donors (Lipinski definition) is 1. The summed E-state index contributed by atoms with van der Waals surface area (Å²) in [6.45, 7) is 0. The van der Waals surface area contributed by atoms with Gasteiger partial charge in [0.05, 0.1) is 4.90 Å². The largest absolute Gasteiger partial charge is 0.388 e. The van der Waals surface area contributed by atoms with E-state index in [1.165, 1.54) is 5.41 Å². The molecular formula is C9H9NO2S. The Bertz CT molecular complexity index is 474. The lowest BCUT2D eigenvalue weighted by molar-refractivity contribution is 0.605. The van der Waals surface area contributed by atoms with Crippen LogP contribution in [0.2, 0.25) is 0 Å². The highest BCUT2D eigenvalue weighted by molar-refractivity contribution is 7.94. The lowest BCUT2D eigenvalue weighted by Gasteiger charge is -2.02. The van der Waals surface area contributed by atoms with Gasteiger partial charge in [0.25, 0.3) is 0 Å². The molecule has 1 aliphatic heterocycles. The van der Waals surface area contributed by atoms with Crippen LogP contribution in [0, 0.1) is 0 Å². The van der Waals surface area contributed by atoms with Gasteiger partial charge in [-0.3, -0.25) is 0 Å². The third-order valence-electron chi connectivity index (χ3n) is 2.04. The van der Waals surface area contributed by atoms with E-state index in [9.17, 15) is 8.42 Å². The Morgan fingerprint density at radius 3 is 2.77 bits per heavy atom. The van der Waals surface area contributed by atoms with Gasteiger partial charge in [0, 0.05) is 18.1 Å². The van der Waals surface area contributed by atoms with Crippen LogP contribution in [0.3, 0.4) is 0 Å². The molecule has 0 spiro atoms. The highest BCUT2D eigenvalue weighted by Crippen LogP contribution is 2.28. The van der Waals surface area contributed by atoms with Gasteiger partial charge in [0.1, 0.15) is 0 Å². The molecule has 3 nitrogen and oxygen atoms in total. The van der Waals surface area contributed by atoms with E-state index in [0.29, 0.717) is 4.90 Å². The Kier molecular flexibility index (Phi) is 1.66. The molecule has 0 saturated carbocycles. The SMILES string of the molecule is CNc1ccc2c(c1)S(=O)(=O)C=C2. The maximum Gasteiger partial charge on any atom is 0.200 e. The van der Waals surface area contributed by atoms with Crippen LogP contribution in [-0.2, 0) is 9.84 Å². The van der Waals surface area contributed by atoms with Crippen molar-refractivity contribution in [2.75, 3.05) is 12.4 Å². The van der Waals surface area contributed by atoms with Crippen molar-refractivity contribution < 1.29 is 8.42 Å². The predicted molar refractivity (Wildman–Crippen MR) is 52.2 cm³/mol.